The molecule has 0 amide bonds. The van der Waals surface area contributed by atoms with Gasteiger partial charge in [0.1, 0.15) is 0 Å². The fourth-order valence-corrected chi connectivity index (χ4v) is 2.90. The van der Waals surface area contributed by atoms with Gasteiger partial charge in [-0.15, -0.1) is 11.8 Å². The molecule has 1 aliphatic heterocycles. The summed E-state index contributed by atoms with van der Waals surface area (Å²) in [5.74, 6) is 0.801. The topological polar surface area (TPSA) is 53.2 Å². The lowest BCUT2D eigenvalue weighted by Crippen LogP contribution is -2.26. The molecular formula is C11H8N2OS. The van der Waals surface area contributed by atoms with E-state index in [0.717, 1.165) is 16.2 Å². The van der Waals surface area contributed by atoms with E-state index in [1.807, 2.05) is 24.3 Å². The molecule has 1 aromatic carbocycles. The van der Waals surface area contributed by atoms with E-state index in [-0.39, 0.29) is 0 Å². The molecular weight excluding hydrogens is 208 g/mol. The van der Waals surface area contributed by atoms with Gasteiger partial charge in [-0.3, -0.25) is 0 Å². The van der Waals surface area contributed by atoms with Crippen molar-refractivity contribution in [3.63, 3.8) is 0 Å². The highest BCUT2D eigenvalue weighted by Crippen LogP contribution is 2.41. The van der Waals surface area contributed by atoms with Crippen molar-refractivity contribution in [3.05, 3.63) is 29.8 Å². The van der Waals surface area contributed by atoms with Crippen molar-refractivity contribution in [1.29, 1.82) is 5.26 Å². The van der Waals surface area contributed by atoms with Crippen molar-refractivity contribution in [1.82, 2.24) is 0 Å². The van der Waals surface area contributed by atoms with Crippen LogP contribution in [0.3, 0.4) is 0 Å². The molecule has 0 bridgehead atoms. The fraction of sp³-hybridized carbons (Fsp3) is 0.273. The van der Waals surface area contributed by atoms with Gasteiger partial charge in [-0.05, 0) is 6.07 Å². The highest BCUT2D eigenvalue weighted by atomic mass is 32.2. The quantitative estimate of drug-likeness (QED) is 0.534. The summed E-state index contributed by atoms with van der Waals surface area (Å²) in [4.78, 5) is 15.1. The summed E-state index contributed by atoms with van der Waals surface area (Å²) < 4.78 is 0. The smallest absolute Gasteiger partial charge is 0.211 e. The standard InChI is InChI=1S/C11H8N2OS/c12-7-11(13-8-14)5-6-15-10-4-2-1-3-9(10)11/h1-4H,5-6H2. The third kappa shape index (κ3) is 1.56. The minimum atomic E-state index is -1.01. The summed E-state index contributed by atoms with van der Waals surface area (Å²) in [5, 5.41) is 9.19. The van der Waals surface area contributed by atoms with Gasteiger partial charge >= 0.3 is 0 Å². The number of nitrogens with zero attached hydrogens (tertiary/aromatic N) is 2. The number of isocyanates is 1. The minimum Gasteiger partial charge on any atom is -0.211 e. The van der Waals surface area contributed by atoms with Crippen LogP contribution in [0.4, 0.5) is 0 Å². The molecule has 0 saturated carbocycles. The van der Waals surface area contributed by atoms with Gasteiger partial charge in [-0.2, -0.15) is 10.3 Å². The normalized spacial score (nSPS) is 23.4. The molecule has 1 aliphatic rings. The van der Waals surface area contributed by atoms with Crippen LogP contribution in [0.1, 0.15) is 12.0 Å². The molecule has 0 aromatic heterocycles. The molecule has 0 saturated heterocycles. The highest BCUT2D eigenvalue weighted by Gasteiger charge is 2.37. The Labute approximate surface area is 91.8 Å². The minimum absolute atomic E-state index is 0.570. The molecule has 0 spiro atoms. The zero-order valence-corrected chi connectivity index (χ0v) is 8.75. The van der Waals surface area contributed by atoms with Gasteiger partial charge in [0, 0.05) is 22.6 Å². The van der Waals surface area contributed by atoms with E-state index < -0.39 is 5.54 Å². The van der Waals surface area contributed by atoms with Crippen LogP contribution in [0.25, 0.3) is 0 Å². The zero-order chi connectivity index (χ0) is 10.7. The van der Waals surface area contributed by atoms with Crippen molar-refractivity contribution in [2.45, 2.75) is 16.9 Å². The largest absolute Gasteiger partial charge is 0.236 e. The monoisotopic (exact) mass is 216 g/mol. The number of aliphatic imine (C=N–C) groups is 1. The number of nitriles is 1. The number of fused-ring (bicyclic) bond motifs is 1. The second kappa shape index (κ2) is 3.90. The van der Waals surface area contributed by atoms with E-state index in [2.05, 4.69) is 11.1 Å². The van der Waals surface area contributed by atoms with Gasteiger partial charge in [0.2, 0.25) is 6.08 Å². The van der Waals surface area contributed by atoms with E-state index in [9.17, 15) is 10.1 Å². The Bertz CT molecular complexity index is 474. The Balaban J connectivity index is 2.63. The Morgan fingerprint density at radius 1 is 1.47 bits per heavy atom. The third-order valence-electron chi connectivity index (χ3n) is 2.48. The number of benzene rings is 1. The van der Waals surface area contributed by atoms with Crippen LogP contribution in [-0.2, 0) is 10.3 Å². The van der Waals surface area contributed by atoms with Gasteiger partial charge < -0.3 is 0 Å². The van der Waals surface area contributed by atoms with Crippen LogP contribution >= 0.6 is 11.8 Å². The lowest BCUT2D eigenvalue weighted by Gasteiger charge is -2.27. The molecule has 1 unspecified atom stereocenters. The lowest BCUT2D eigenvalue weighted by molar-refractivity contribution is 0.517. The maximum Gasteiger partial charge on any atom is 0.236 e. The van der Waals surface area contributed by atoms with Crippen molar-refractivity contribution in [2.75, 3.05) is 5.75 Å². The summed E-state index contributed by atoms with van der Waals surface area (Å²) in [6.07, 6.45) is 2.08. The molecule has 0 radical (unpaired) electrons. The molecule has 4 heteroatoms. The van der Waals surface area contributed by atoms with Crippen LogP contribution in [-0.4, -0.2) is 11.8 Å². The first-order valence-corrected chi connectivity index (χ1v) is 5.53. The number of carbonyl (C=O) groups excluding carboxylic acids is 1. The molecule has 0 fully saturated rings. The Hall–Kier alpha value is -1.56. The molecule has 2 rings (SSSR count). The third-order valence-corrected chi connectivity index (χ3v) is 3.55. The zero-order valence-electron chi connectivity index (χ0n) is 7.93. The van der Waals surface area contributed by atoms with Crippen molar-refractivity contribution >= 4 is 17.8 Å². The van der Waals surface area contributed by atoms with Crippen molar-refractivity contribution in [2.24, 2.45) is 4.99 Å². The number of hydrogen-bond acceptors (Lipinski definition) is 4. The van der Waals surface area contributed by atoms with Crippen LogP contribution < -0.4 is 0 Å². The molecule has 1 aromatic rings. The summed E-state index contributed by atoms with van der Waals surface area (Å²) >= 11 is 1.69. The maximum atomic E-state index is 10.4. The maximum absolute atomic E-state index is 10.4. The van der Waals surface area contributed by atoms with E-state index in [1.165, 1.54) is 6.08 Å². The van der Waals surface area contributed by atoms with E-state index in [0.29, 0.717) is 6.42 Å². The average molecular weight is 216 g/mol. The van der Waals surface area contributed by atoms with Crippen LogP contribution in [0.15, 0.2) is 34.2 Å². The van der Waals surface area contributed by atoms with Gasteiger partial charge in [0.15, 0.2) is 5.54 Å². The van der Waals surface area contributed by atoms with Gasteiger partial charge in [-0.25, -0.2) is 4.79 Å². The molecule has 74 valence electrons. The lowest BCUT2D eigenvalue weighted by atomic mass is 9.89. The van der Waals surface area contributed by atoms with Gasteiger partial charge in [0.05, 0.1) is 6.07 Å². The second-order valence-corrected chi connectivity index (χ2v) is 4.41. The molecule has 15 heavy (non-hydrogen) atoms. The van der Waals surface area contributed by atoms with Crippen molar-refractivity contribution in [3.8, 4) is 6.07 Å². The Morgan fingerprint density at radius 3 is 3.00 bits per heavy atom. The Kier molecular flexibility index (Phi) is 2.59. The highest BCUT2D eigenvalue weighted by molar-refractivity contribution is 7.99. The number of hydrogen-bond donors (Lipinski definition) is 0. The van der Waals surface area contributed by atoms with Crippen LogP contribution in [0.5, 0.6) is 0 Å². The molecule has 0 N–H and O–H groups in total. The van der Waals surface area contributed by atoms with Gasteiger partial charge in [-0.1, -0.05) is 18.2 Å². The summed E-state index contributed by atoms with van der Waals surface area (Å²) in [7, 11) is 0. The number of thioether (sulfide) groups is 1. The molecule has 1 heterocycles. The average Bonchev–Trinajstić information content (AvgIpc) is 2.30. The van der Waals surface area contributed by atoms with E-state index in [1.54, 1.807) is 11.8 Å². The fourth-order valence-electron chi connectivity index (χ4n) is 1.71. The van der Waals surface area contributed by atoms with E-state index in [4.69, 9.17) is 0 Å². The van der Waals surface area contributed by atoms with Crippen LogP contribution in [0.2, 0.25) is 0 Å². The molecule has 0 aliphatic carbocycles. The predicted molar refractivity (Wildman–Crippen MR) is 57.2 cm³/mol. The second-order valence-electron chi connectivity index (χ2n) is 3.27. The molecule has 3 nitrogen and oxygen atoms in total. The summed E-state index contributed by atoms with van der Waals surface area (Å²) in [5.41, 5.74) is -0.184. The van der Waals surface area contributed by atoms with E-state index >= 15 is 0 Å². The number of rotatable bonds is 1. The summed E-state index contributed by atoms with van der Waals surface area (Å²) in [6, 6.07) is 9.71. The first-order valence-electron chi connectivity index (χ1n) is 4.55. The van der Waals surface area contributed by atoms with Crippen molar-refractivity contribution < 1.29 is 4.79 Å². The predicted octanol–water partition coefficient (Wildman–Crippen LogP) is 2.24. The van der Waals surface area contributed by atoms with Gasteiger partial charge in [0.25, 0.3) is 0 Å². The molecule has 1 atom stereocenters. The van der Waals surface area contributed by atoms with Crippen LogP contribution in [0, 0.1) is 11.3 Å². The summed E-state index contributed by atoms with van der Waals surface area (Å²) in [6.45, 7) is 0. The first kappa shape index (κ1) is 9.97. The SMILES string of the molecule is N#CC1(N=C=O)CCSc2ccccc21. The Morgan fingerprint density at radius 2 is 2.27 bits per heavy atom. The first-order chi connectivity index (χ1) is 7.32.